The highest BCUT2D eigenvalue weighted by atomic mass is 16.3. The number of ketones is 1. The molecule has 0 aromatic carbocycles. The lowest BCUT2D eigenvalue weighted by molar-refractivity contribution is -0.132. The molecule has 6 atom stereocenters. The first-order chi connectivity index (χ1) is 9.95. The largest absolute Gasteiger partial charge is 0.389 e. The van der Waals surface area contributed by atoms with E-state index in [0.717, 1.165) is 50.4 Å². The fourth-order valence-corrected chi connectivity index (χ4v) is 6.48. The lowest BCUT2D eigenvalue weighted by Crippen LogP contribution is -2.50. The summed E-state index contributed by atoms with van der Waals surface area (Å²) in [5, 5.41) is 9.96. The van der Waals surface area contributed by atoms with Crippen LogP contribution in [0.3, 0.4) is 0 Å². The molecule has 116 valence electrons. The van der Waals surface area contributed by atoms with Gasteiger partial charge in [-0.05, 0) is 68.1 Å². The minimum atomic E-state index is -0.216. The van der Waals surface area contributed by atoms with Gasteiger partial charge in [0, 0.05) is 11.8 Å². The Morgan fingerprint density at radius 1 is 1.00 bits per heavy atom. The molecule has 0 aliphatic heterocycles. The van der Waals surface area contributed by atoms with Gasteiger partial charge >= 0.3 is 0 Å². The van der Waals surface area contributed by atoms with Gasteiger partial charge in [-0.2, -0.15) is 0 Å². The van der Waals surface area contributed by atoms with Crippen LogP contribution in [0.5, 0.6) is 0 Å². The van der Waals surface area contributed by atoms with Gasteiger partial charge in [0.1, 0.15) is 5.78 Å². The van der Waals surface area contributed by atoms with E-state index >= 15 is 0 Å². The average molecular weight is 288 g/mol. The van der Waals surface area contributed by atoms with E-state index in [2.05, 4.69) is 19.9 Å². The number of hydrogen-bond acceptors (Lipinski definition) is 2. The maximum atomic E-state index is 12.4. The molecule has 0 aromatic rings. The third-order valence-electron chi connectivity index (χ3n) is 7.80. The summed E-state index contributed by atoms with van der Waals surface area (Å²) in [6.07, 6.45) is 10.7. The molecule has 0 radical (unpaired) electrons. The van der Waals surface area contributed by atoms with Crippen molar-refractivity contribution in [2.24, 2.45) is 28.6 Å². The Kier molecular flexibility index (Phi) is 2.96. The van der Waals surface area contributed by atoms with Crippen LogP contribution in [0.2, 0.25) is 0 Å². The molecule has 2 nitrogen and oxygen atoms in total. The Bertz CT molecular complexity index is 508. The molecule has 0 unspecified atom stereocenters. The van der Waals surface area contributed by atoms with Crippen molar-refractivity contribution >= 4 is 5.78 Å². The maximum Gasteiger partial charge on any atom is 0.139 e. The molecular formula is C19H28O2. The van der Waals surface area contributed by atoms with Crippen molar-refractivity contribution < 1.29 is 9.90 Å². The standard InChI is InChI=1S/C19H28O2/c1-18-9-7-13(20)11-12(18)3-4-14-15-5-6-17(21)19(15,2)10-8-16(14)18/h11,13-16,20H,3-10H2,1-2H3/t13-,14+,15-,16+,18+,19+/m1/s1. The zero-order valence-corrected chi connectivity index (χ0v) is 13.4. The second kappa shape index (κ2) is 4.44. The molecule has 0 amide bonds. The number of Topliss-reactive ketones (excluding diaryl/α,β-unsaturated/α-hetero) is 1. The summed E-state index contributed by atoms with van der Waals surface area (Å²) in [5.74, 6) is 2.66. The summed E-state index contributed by atoms with van der Waals surface area (Å²) in [4.78, 5) is 12.4. The van der Waals surface area contributed by atoms with Crippen LogP contribution >= 0.6 is 0 Å². The van der Waals surface area contributed by atoms with E-state index in [1.54, 1.807) is 0 Å². The minimum absolute atomic E-state index is 0.00702. The summed E-state index contributed by atoms with van der Waals surface area (Å²) < 4.78 is 0. The Balaban J connectivity index is 1.69. The first-order valence-electron chi connectivity index (χ1n) is 8.88. The molecule has 0 saturated heterocycles. The second-order valence-electron chi connectivity index (χ2n) is 8.55. The molecule has 4 aliphatic rings. The van der Waals surface area contributed by atoms with Crippen LogP contribution in [0, 0.1) is 28.6 Å². The number of rotatable bonds is 0. The first kappa shape index (κ1) is 14.0. The van der Waals surface area contributed by atoms with Gasteiger partial charge in [0.2, 0.25) is 0 Å². The van der Waals surface area contributed by atoms with Crippen molar-refractivity contribution in [2.75, 3.05) is 0 Å². The molecule has 1 N–H and O–H groups in total. The van der Waals surface area contributed by atoms with Gasteiger partial charge in [0.25, 0.3) is 0 Å². The van der Waals surface area contributed by atoms with Crippen molar-refractivity contribution in [2.45, 2.75) is 71.3 Å². The Morgan fingerprint density at radius 2 is 1.71 bits per heavy atom. The van der Waals surface area contributed by atoms with Crippen LogP contribution in [-0.2, 0) is 4.79 Å². The third kappa shape index (κ3) is 1.78. The van der Waals surface area contributed by atoms with Gasteiger partial charge in [-0.1, -0.05) is 25.5 Å². The monoisotopic (exact) mass is 288 g/mol. The second-order valence-corrected chi connectivity index (χ2v) is 8.55. The van der Waals surface area contributed by atoms with Crippen LogP contribution in [0.15, 0.2) is 11.6 Å². The zero-order chi connectivity index (χ0) is 14.8. The molecule has 4 rings (SSSR count). The Morgan fingerprint density at radius 3 is 2.52 bits per heavy atom. The maximum absolute atomic E-state index is 12.4. The van der Waals surface area contributed by atoms with Gasteiger partial charge in [-0.3, -0.25) is 4.79 Å². The predicted octanol–water partition coefficient (Wildman–Crippen LogP) is 3.88. The molecule has 2 heteroatoms. The van der Waals surface area contributed by atoms with Crippen LogP contribution in [0.4, 0.5) is 0 Å². The van der Waals surface area contributed by atoms with E-state index < -0.39 is 0 Å². The van der Waals surface area contributed by atoms with E-state index in [4.69, 9.17) is 0 Å². The number of carbonyl (C=O) groups is 1. The molecule has 21 heavy (non-hydrogen) atoms. The number of allylic oxidation sites excluding steroid dienone is 1. The quantitative estimate of drug-likeness (QED) is 0.687. The first-order valence-corrected chi connectivity index (χ1v) is 8.88. The van der Waals surface area contributed by atoms with Crippen molar-refractivity contribution in [3.8, 4) is 0 Å². The lowest BCUT2D eigenvalue weighted by Gasteiger charge is -2.57. The highest BCUT2D eigenvalue weighted by molar-refractivity contribution is 5.87. The van der Waals surface area contributed by atoms with E-state index in [0.29, 0.717) is 17.1 Å². The Labute approximate surface area is 128 Å². The smallest absolute Gasteiger partial charge is 0.139 e. The third-order valence-corrected chi connectivity index (χ3v) is 7.80. The molecule has 3 fully saturated rings. The average Bonchev–Trinajstić information content (AvgIpc) is 2.76. The van der Waals surface area contributed by atoms with Gasteiger partial charge in [-0.25, -0.2) is 0 Å². The SMILES string of the molecule is C[C@]12CC[C@@H](O)C=C1CC[C@H]1[C@H]3CCC(=O)[C@@]3(C)CC[C@@H]12. The Hall–Kier alpha value is -0.630. The van der Waals surface area contributed by atoms with Crippen molar-refractivity contribution in [3.63, 3.8) is 0 Å². The highest BCUT2D eigenvalue weighted by Crippen LogP contribution is 2.64. The summed E-state index contributed by atoms with van der Waals surface area (Å²) in [5.41, 5.74) is 1.82. The number of hydrogen-bond donors (Lipinski definition) is 1. The van der Waals surface area contributed by atoms with Crippen molar-refractivity contribution in [1.82, 2.24) is 0 Å². The number of fused-ring (bicyclic) bond motifs is 5. The fraction of sp³-hybridized carbons (Fsp3) is 0.842. The molecule has 4 aliphatic carbocycles. The number of carbonyl (C=O) groups excluding carboxylic acids is 1. The van der Waals surface area contributed by atoms with Gasteiger partial charge in [0.15, 0.2) is 0 Å². The van der Waals surface area contributed by atoms with Crippen LogP contribution in [-0.4, -0.2) is 17.0 Å². The zero-order valence-electron chi connectivity index (χ0n) is 13.4. The van der Waals surface area contributed by atoms with Gasteiger partial charge < -0.3 is 5.11 Å². The summed E-state index contributed by atoms with van der Waals surface area (Å²) >= 11 is 0. The summed E-state index contributed by atoms with van der Waals surface area (Å²) in [6, 6.07) is 0. The molecular weight excluding hydrogens is 260 g/mol. The predicted molar refractivity (Wildman–Crippen MR) is 82.7 cm³/mol. The van der Waals surface area contributed by atoms with Gasteiger partial charge in [0.05, 0.1) is 6.10 Å². The van der Waals surface area contributed by atoms with Crippen molar-refractivity contribution in [1.29, 1.82) is 0 Å². The molecule has 0 heterocycles. The van der Waals surface area contributed by atoms with E-state index in [-0.39, 0.29) is 11.5 Å². The van der Waals surface area contributed by atoms with Crippen molar-refractivity contribution in [3.05, 3.63) is 11.6 Å². The fourth-order valence-electron chi connectivity index (χ4n) is 6.48. The number of aliphatic hydroxyl groups is 1. The summed E-state index contributed by atoms with van der Waals surface area (Å²) in [6.45, 7) is 4.70. The lowest BCUT2D eigenvalue weighted by atomic mass is 9.47. The van der Waals surface area contributed by atoms with Crippen LogP contribution < -0.4 is 0 Å². The molecule has 0 spiro atoms. The van der Waals surface area contributed by atoms with E-state index in [9.17, 15) is 9.90 Å². The van der Waals surface area contributed by atoms with Crippen LogP contribution in [0.1, 0.15) is 65.2 Å². The highest BCUT2D eigenvalue weighted by Gasteiger charge is 2.58. The molecule has 3 saturated carbocycles. The van der Waals surface area contributed by atoms with Gasteiger partial charge in [-0.15, -0.1) is 0 Å². The number of aliphatic hydroxyl groups excluding tert-OH is 1. The topological polar surface area (TPSA) is 37.3 Å². The van der Waals surface area contributed by atoms with E-state index in [1.165, 1.54) is 18.4 Å². The molecule has 0 aromatic heterocycles. The van der Waals surface area contributed by atoms with Crippen LogP contribution in [0.25, 0.3) is 0 Å². The summed E-state index contributed by atoms with van der Waals surface area (Å²) in [7, 11) is 0. The normalized spacial score (nSPS) is 52.7. The van der Waals surface area contributed by atoms with E-state index in [1.807, 2.05) is 0 Å². The minimum Gasteiger partial charge on any atom is -0.389 e. The molecule has 0 bridgehead atoms.